The summed E-state index contributed by atoms with van der Waals surface area (Å²) in [4.78, 5) is 3.73. The van der Waals surface area contributed by atoms with Crippen molar-refractivity contribution in [3.05, 3.63) is 52.5 Å². The number of hydrogen-bond donors (Lipinski definition) is 1. The average molecular weight is 345 g/mol. The zero-order chi connectivity index (χ0) is 14.0. The molecule has 1 aromatic heterocycles. The van der Waals surface area contributed by atoms with Gasteiger partial charge in [0.2, 0.25) is 0 Å². The zero-order valence-electron chi connectivity index (χ0n) is 9.89. The molecule has 1 heterocycles. The first-order chi connectivity index (χ1) is 8.88. The third-order valence-corrected chi connectivity index (χ3v) is 4.13. The van der Waals surface area contributed by atoms with E-state index in [0.29, 0.717) is 10.0 Å². The minimum atomic E-state index is -3.85. The van der Waals surface area contributed by atoms with Crippen molar-refractivity contribution in [2.24, 2.45) is 0 Å². The molecule has 100 valence electrons. The summed E-state index contributed by atoms with van der Waals surface area (Å²) in [5, 5.41) is 0. The molecule has 0 bridgehead atoms. The van der Waals surface area contributed by atoms with E-state index >= 15 is 0 Å². The standard InChI is InChI=1S/C12H10BrFN2O2S/c1-8-2-3-12(11(14)4-8)16-19(17,18)10-5-9(13)6-15-7-10/h2-7,16H,1H3. The average Bonchev–Trinajstić information content (AvgIpc) is 2.33. The molecule has 1 N–H and O–H groups in total. The summed E-state index contributed by atoms with van der Waals surface area (Å²) in [5.41, 5.74) is 0.621. The second kappa shape index (κ2) is 5.26. The topological polar surface area (TPSA) is 59.1 Å². The van der Waals surface area contributed by atoms with Gasteiger partial charge < -0.3 is 0 Å². The first kappa shape index (κ1) is 14.0. The Balaban J connectivity index is 2.36. The van der Waals surface area contributed by atoms with Gasteiger partial charge in [-0.05, 0) is 46.6 Å². The minimum Gasteiger partial charge on any atom is -0.277 e. The summed E-state index contributed by atoms with van der Waals surface area (Å²) in [6, 6.07) is 5.66. The quantitative estimate of drug-likeness (QED) is 0.930. The maximum atomic E-state index is 13.6. The van der Waals surface area contributed by atoms with Crippen LogP contribution in [0.25, 0.3) is 0 Å². The molecule has 0 saturated carbocycles. The highest BCUT2D eigenvalue weighted by Crippen LogP contribution is 2.21. The Hall–Kier alpha value is -1.47. The van der Waals surface area contributed by atoms with E-state index in [1.165, 1.54) is 30.6 Å². The predicted molar refractivity (Wildman–Crippen MR) is 73.9 cm³/mol. The van der Waals surface area contributed by atoms with E-state index < -0.39 is 15.8 Å². The van der Waals surface area contributed by atoms with E-state index in [9.17, 15) is 12.8 Å². The van der Waals surface area contributed by atoms with Gasteiger partial charge >= 0.3 is 0 Å². The predicted octanol–water partition coefficient (Wildman–Crippen LogP) is 3.09. The largest absolute Gasteiger partial charge is 0.277 e. The molecular formula is C12H10BrFN2O2S. The van der Waals surface area contributed by atoms with Gasteiger partial charge in [-0.1, -0.05) is 6.07 Å². The summed E-state index contributed by atoms with van der Waals surface area (Å²) in [6.45, 7) is 1.72. The van der Waals surface area contributed by atoms with Gasteiger partial charge in [0.15, 0.2) is 0 Å². The number of benzene rings is 1. The molecule has 0 atom stereocenters. The van der Waals surface area contributed by atoms with E-state index in [2.05, 4.69) is 25.6 Å². The molecule has 0 fully saturated rings. The van der Waals surface area contributed by atoms with E-state index in [-0.39, 0.29) is 10.6 Å². The van der Waals surface area contributed by atoms with Gasteiger partial charge in [0.05, 0.1) is 5.69 Å². The number of aryl methyl sites for hydroxylation is 1. The highest BCUT2D eigenvalue weighted by molar-refractivity contribution is 9.10. The van der Waals surface area contributed by atoms with Gasteiger partial charge in [0.1, 0.15) is 10.7 Å². The Labute approximate surface area is 118 Å². The van der Waals surface area contributed by atoms with Gasteiger partial charge in [-0.25, -0.2) is 12.8 Å². The molecule has 0 aliphatic rings. The number of pyridine rings is 1. The molecule has 19 heavy (non-hydrogen) atoms. The van der Waals surface area contributed by atoms with Crippen molar-refractivity contribution in [2.45, 2.75) is 11.8 Å². The van der Waals surface area contributed by atoms with Crippen LogP contribution in [0.3, 0.4) is 0 Å². The summed E-state index contributed by atoms with van der Waals surface area (Å²) < 4.78 is 40.4. The summed E-state index contributed by atoms with van der Waals surface area (Å²) in [6.07, 6.45) is 2.66. The molecule has 1 aromatic carbocycles. The maximum Gasteiger partial charge on any atom is 0.263 e. The number of anilines is 1. The Morgan fingerprint density at radius 2 is 2.00 bits per heavy atom. The molecule has 2 rings (SSSR count). The van der Waals surface area contributed by atoms with Crippen LogP contribution in [-0.2, 0) is 10.0 Å². The van der Waals surface area contributed by atoms with Crippen LogP contribution < -0.4 is 4.72 Å². The van der Waals surface area contributed by atoms with Crippen LogP contribution in [0.4, 0.5) is 10.1 Å². The molecule has 0 spiro atoms. The van der Waals surface area contributed by atoms with Gasteiger partial charge in [-0.2, -0.15) is 0 Å². The van der Waals surface area contributed by atoms with Crippen molar-refractivity contribution in [2.75, 3.05) is 4.72 Å². The molecular weight excluding hydrogens is 335 g/mol. The first-order valence-corrected chi connectivity index (χ1v) is 7.55. The van der Waals surface area contributed by atoms with Crippen LogP contribution in [0.15, 0.2) is 46.0 Å². The van der Waals surface area contributed by atoms with Crippen molar-refractivity contribution in [3.8, 4) is 0 Å². The summed E-state index contributed by atoms with van der Waals surface area (Å²) in [7, 11) is -3.85. The van der Waals surface area contributed by atoms with Crippen LogP contribution >= 0.6 is 15.9 Å². The fourth-order valence-electron chi connectivity index (χ4n) is 1.45. The number of nitrogens with zero attached hydrogens (tertiary/aromatic N) is 1. The smallest absolute Gasteiger partial charge is 0.263 e. The van der Waals surface area contributed by atoms with Crippen LogP contribution in [0.1, 0.15) is 5.56 Å². The van der Waals surface area contributed by atoms with Crippen molar-refractivity contribution >= 4 is 31.6 Å². The Kier molecular flexibility index (Phi) is 3.86. The third-order valence-electron chi connectivity index (χ3n) is 2.36. The summed E-state index contributed by atoms with van der Waals surface area (Å²) >= 11 is 3.14. The van der Waals surface area contributed by atoms with E-state index in [0.717, 1.165) is 0 Å². The first-order valence-electron chi connectivity index (χ1n) is 5.28. The lowest BCUT2D eigenvalue weighted by Crippen LogP contribution is -2.14. The number of rotatable bonds is 3. The van der Waals surface area contributed by atoms with Crippen LogP contribution in [0, 0.1) is 12.7 Å². The van der Waals surface area contributed by atoms with Crippen molar-refractivity contribution in [3.63, 3.8) is 0 Å². The number of hydrogen-bond acceptors (Lipinski definition) is 3. The molecule has 7 heteroatoms. The van der Waals surface area contributed by atoms with Gasteiger partial charge in [0, 0.05) is 16.9 Å². The zero-order valence-corrected chi connectivity index (χ0v) is 12.3. The van der Waals surface area contributed by atoms with E-state index in [1.54, 1.807) is 13.0 Å². The molecule has 0 amide bonds. The normalized spacial score (nSPS) is 11.3. The van der Waals surface area contributed by atoms with Gasteiger partial charge in [0.25, 0.3) is 10.0 Å². The summed E-state index contributed by atoms with van der Waals surface area (Å²) in [5.74, 6) is -0.619. The highest BCUT2D eigenvalue weighted by atomic mass is 79.9. The van der Waals surface area contributed by atoms with E-state index in [1.807, 2.05) is 0 Å². The van der Waals surface area contributed by atoms with E-state index in [4.69, 9.17) is 0 Å². The minimum absolute atomic E-state index is 0.0400. The number of sulfonamides is 1. The molecule has 0 radical (unpaired) electrons. The number of nitrogens with one attached hydrogen (secondary N) is 1. The molecule has 2 aromatic rings. The molecule has 0 unspecified atom stereocenters. The SMILES string of the molecule is Cc1ccc(NS(=O)(=O)c2cncc(Br)c2)c(F)c1. The van der Waals surface area contributed by atoms with Gasteiger partial charge in [-0.15, -0.1) is 0 Å². The Bertz CT molecular complexity index is 719. The number of halogens is 2. The van der Waals surface area contributed by atoms with Crippen LogP contribution in [0.2, 0.25) is 0 Å². The van der Waals surface area contributed by atoms with Crippen molar-refractivity contribution in [1.82, 2.24) is 4.98 Å². The van der Waals surface area contributed by atoms with Crippen molar-refractivity contribution in [1.29, 1.82) is 0 Å². The Morgan fingerprint density at radius 1 is 1.26 bits per heavy atom. The second-order valence-corrected chi connectivity index (χ2v) is 6.53. The van der Waals surface area contributed by atoms with Gasteiger partial charge in [-0.3, -0.25) is 9.71 Å². The lowest BCUT2D eigenvalue weighted by atomic mass is 10.2. The lowest BCUT2D eigenvalue weighted by molar-refractivity contribution is 0.598. The monoisotopic (exact) mass is 344 g/mol. The molecule has 0 aliphatic heterocycles. The number of aromatic nitrogens is 1. The van der Waals surface area contributed by atoms with Crippen LogP contribution in [0.5, 0.6) is 0 Å². The lowest BCUT2D eigenvalue weighted by Gasteiger charge is -2.09. The fourth-order valence-corrected chi connectivity index (χ4v) is 3.02. The molecule has 4 nitrogen and oxygen atoms in total. The third kappa shape index (κ3) is 3.30. The maximum absolute atomic E-state index is 13.6. The van der Waals surface area contributed by atoms with Crippen molar-refractivity contribution < 1.29 is 12.8 Å². The van der Waals surface area contributed by atoms with Crippen LogP contribution in [-0.4, -0.2) is 13.4 Å². The Morgan fingerprint density at radius 3 is 2.63 bits per heavy atom. The second-order valence-electron chi connectivity index (χ2n) is 3.93. The molecule has 0 saturated heterocycles. The highest BCUT2D eigenvalue weighted by Gasteiger charge is 2.17. The molecule has 0 aliphatic carbocycles. The fraction of sp³-hybridized carbons (Fsp3) is 0.0833.